The zero-order chi connectivity index (χ0) is 14.7. The highest BCUT2D eigenvalue weighted by molar-refractivity contribution is 5.59. The van der Waals surface area contributed by atoms with Gasteiger partial charge in [-0.2, -0.15) is 0 Å². The fraction of sp³-hybridized carbons (Fsp3) is 0.250. The van der Waals surface area contributed by atoms with Crippen molar-refractivity contribution in [1.82, 2.24) is 0 Å². The monoisotopic (exact) mass is 277 g/mol. The van der Waals surface area contributed by atoms with Crippen molar-refractivity contribution in [3.05, 3.63) is 58.7 Å². The van der Waals surface area contributed by atoms with Crippen LogP contribution < -0.4 is 10.1 Å². The first-order chi connectivity index (χ1) is 9.51. The van der Waals surface area contributed by atoms with Crippen molar-refractivity contribution in [1.29, 1.82) is 0 Å². The molecule has 0 saturated carbocycles. The Hall–Kier alpha value is -2.10. The van der Waals surface area contributed by atoms with Gasteiger partial charge in [0.25, 0.3) is 0 Å². The van der Waals surface area contributed by atoms with Crippen LogP contribution in [-0.4, -0.2) is 7.05 Å². The summed E-state index contributed by atoms with van der Waals surface area (Å²) < 4.78 is 31.6. The van der Waals surface area contributed by atoms with Crippen LogP contribution in [0.5, 0.6) is 5.75 Å². The number of ether oxygens (including phenoxy) is 1. The van der Waals surface area contributed by atoms with Gasteiger partial charge in [-0.05, 0) is 54.8 Å². The maximum absolute atomic E-state index is 13.1. The van der Waals surface area contributed by atoms with Gasteiger partial charge >= 0.3 is 0 Å². The van der Waals surface area contributed by atoms with Crippen molar-refractivity contribution in [2.45, 2.75) is 20.5 Å². The topological polar surface area (TPSA) is 21.3 Å². The summed E-state index contributed by atoms with van der Waals surface area (Å²) in [5.74, 6) is -0.994. The Labute approximate surface area is 117 Å². The summed E-state index contributed by atoms with van der Waals surface area (Å²) in [4.78, 5) is 0. The van der Waals surface area contributed by atoms with E-state index in [9.17, 15) is 8.78 Å². The van der Waals surface area contributed by atoms with E-state index in [1.807, 2.05) is 33.0 Å². The minimum Gasteiger partial charge on any atom is -0.489 e. The van der Waals surface area contributed by atoms with Crippen LogP contribution in [0.4, 0.5) is 14.5 Å². The molecule has 0 radical (unpaired) electrons. The maximum atomic E-state index is 13.1. The highest BCUT2D eigenvalue weighted by Crippen LogP contribution is 2.26. The van der Waals surface area contributed by atoms with E-state index in [1.165, 1.54) is 6.07 Å². The molecule has 0 saturated heterocycles. The standard InChI is InChI=1S/C16H17F2NO/c1-10-6-13(7-11(2)16(10)19-3)20-9-12-4-5-14(17)15(18)8-12/h4-8,19H,9H2,1-3H3. The van der Waals surface area contributed by atoms with Crippen molar-refractivity contribution >= 4 is 5.69 Å². The largest absolute Gasteiger partial charge is 0.489 e. The molecule has 0 aromatic heterocycles. The normalized spacial score (nSPS) is 10.4. The third-order valence-corrected chi connectivity index (χ3v) is 3.15. The Morgan fingerprint density at radius 1 is 1.00 bits per heavy atom. The molecule has 0 bridgehead atoms. The number of aryl methyl sites for hydroxylation is 2. The highest BCUT2D eigenvalue weighted by Gasteiger charge is 2.06. The predicted molar refractivity (Wildman–Crippen MR) is 76.2 cm³/mol. The molecule has 106 valence electrons. The molecule has 2 nitrogen and oxygen atoms in total. The van der Waals surface area contributed by atoms with E-state index in [0.29, 0.717) is 11.3 Å². The maximum Gasteiger partial charge on any atom is 0.159 e. The summed E-state index contributed by atoms with van der Waals surface area (Å²) in [5, 5.41) is 3.13. The molecule has 0 amide bonds. The zero-order valence-corrected chi connectivity index (χ0v) is 11.8. The van der Waals surface area contributed by atoms with Gasteiger partial charge in [-0.1, -0.05) is 6.07 Å². The molecule has 0 fully saturated rings. The molecule has 0 unspecified atom stereocenters. The third kappa shape index (κ3) is 3.07. The number of anilines is 1. The summed E-state index contributed by atoms with van der Waals surface area (Å²) >= 11 is 0. The average Bonchev–Trinajstić information content (AvgIpc) is 2.40. The van der Waals surface area contributed by atoms with Gasteiger partial charge in [-0.25, -0.2) is 8.78 Å². The lowest BCUT2D eigenvalue weighted by atomic mass is 10.1. The Morgan fingerprint density at radius 2 is 1.65 bits per heavy atom. The molecule has 2 aromatic rings. The van der Waals surface area contributed by atoms with Gasteiger partial charge in [0.15, 0.2) is 11.6 Å². The first kappa shape index (κ1) is 14.3. The van der Waals surface area contributed by atoms with Crippen molar-refractivity contribution < 1.29 is 13.5 Å². The molecule has 0 spiro atoms. The molecule has 4 heteroatoms. The summed E-state index contributed by atoms with van der Waals surface area (Å²) in [6.07, 6.45) is 0. The zero-order valence-electron chi connectivity index (χ0n) is 11.8. The lowest BCUT2D eigenvalue weighted by Gasteiger charge is -2.13. The van der Waals surface area contributed by atoms with Gasteiger partial charge in [0.2, 0.25) is 0 Å². The minimum absolute atomic E-state index is 0.203. The van der Waals surface area contributed by atoms with E-state index in [0.717, 1.165) is 28.9 Å². The van der Waals surface area contributed by atoms with E-state index >= 15 is 0 Å². The number of halogens is 2. The lowest BCUT2D eigenvalue weighted by Crippen LogP contribution is -2.00. The Bertz CT molecular complexity index is 603. The highest BCUT2D eigenvalue weighted by atomic mass is 19.2. The molecule has 0 aliphatic heterocycles. The molecule has 0 aliphatic rings. The first-order valence-electron chi connectivity index (χ1n) is 6.37. The predicted octanol–water partition coefficient (Wildman–Crippen LogP) is 4.20. The van der Waals surface area contributed by atoms with Crippen LogP contribution in [-0.2, 0) is 6.61 Å². The molecule has 0 atom stereocenters. The number of hydrogen-bond acceptors (Lipinski definition) is 2. The van der Waals surface area contributed by atoms with Crippen LogP contribution in [0.25, 0.3) is 0 Å². The fourth-order valence-corrected chi connectivity index (χ4v) is 2.20. The van der Waals surface area contributed by atoms with E-state index in [-0.39, 0.29) is 6.61 Å². The van der Waals surface area contributed by atoms with Crippen molar-refractivity contribution in [3.8, 4) is 5.75 Å². The van der Waals surface area contributed by atoms with Crippen molar-refractivity contribution in [2.75, 3.05) is 12.4 Å². The van der Waals surface area contributed by atoms with Crippen LogP contribution in [0.1, 0.15) is 16.7 Å². The van der Waals surface area contributed by atoms with Crippen LogP contribution in [0.3, 0.4) is 0 Å². The molecular formula is C16H17F2NO. The van der Waals surface area contributed by atoms with Gasteiger partial charge in [0.1, 0.15) is 12.4 Å². The molecule has 2 rings (SSSR count). The van der Waals surface area contributed by atoms with E-state index < -0.39 is 11.6 Å². The van der Waals surface area contributed by atoms with Gasteiger partial charge in [0, 0.05) is 12.7 Å². The SMILES string of the molecule is CNc1c(C)cc(OCc2ccc(F)c(F)c2)cc1C. The smallest absolute Gasteiger partial charge is 0.159 e. The van der Waals surface area contributed by atoms with Gasteiger partial charge in [0.05, 0.1) is 0 Å². The van der Waals surface area contributed by atoms with E-state index in [4.69, 9.17) is 4.74 Å². The summed E-state index contributed by atoms with van der Waals surface area (Å²) in [5.41, 5.74) is 3.82. The summed E-state index contributed by atoms with van der Waals surface area (Å²) in [6.45, 7) is 4.18. The third-order valence-electron chi connectivity index (χ3n) is 3.15. The molecule has 0 heterocycles. The van der Waals surface area contributed by atoms with E-state index in [2.05, 4.69) is 5.32 Å². The second-order valence-electron chi connectivity index (χ2n) is 4.72. The second-order valence-corrected chi connectivity index (χ2v) is 4.72. The fourth-order valence-electron chi connectivity index (χ4n) is 2.20. The summed E-state index contributed by atoms with van der Waals surface area (Å²) in [6, 6.07) is 7.60. The first-order valence-corrected chi connectivity index (χ1v) is 6.37. The van der Waals surface area contributed by atoms with Crippen molar-refractivity contribution in [2.24, 2.45) is 0 Å². The lowest BCUT2D eigenvalue weighted by molar-refractivity contribution is 0.304. The van der Waals surface area contributed by atoms with Crippen molar-refractivity contribution in [3.63, 3.8) is 0 Å². The summed E-state index contributed by atoms with van der Waals surface area (Å²) in [7, 11) is 1.87. The molecule has 2 aromatic carbocycles. The van der Waals surface area contributed by atoms with Gasteiger partial charge < -0.3 is 10.1 Å². The molecule has 1 N–H and O–H groups in total. The quantitative estimate of drug-likeness (QED) is 0.904. The van der Waals surface area contributed by atoms with Crippen LogP contribution in [0, 0.1) is 25.5 Å². The molecule has 20 heavy (non-hydrogen) atoms. The van der Waals surface area contributed by atoms with Crippen LogP contribution in [0.15, 0.2) is 30.3 Å². The van der Waals surface area contributed by atoms with E-state index in [1.54, 1.807) is 0 Å². The number of nitrogens with one attached hydrogen (secondary N) is 1. The van der Waals surface area contributed by atoms with Gasteiger partial charge in [-0.3, -0.25) is 0 Å². The number of benzene rings is 2. The van der Waals surface area contributed by atoms with Gasteiger partial charge in [-0.15, -0.1) is 0 Å². The van der Waals surface area contributed by atoms with Crippen LogP contribution >= 0.6 is 0 Å². The Kier molecular flexibility index (Phi) is 4.23. The second kappa shape index (κ2) is 5.90. The molecule has 0 aliphatic carbocycles. The van der Waals surface area contributed by atoms with Crippen LogP contribution in [0.2, 0.25) is 0 Å². The average molecular weight is 277 g/mol. The Balaban J connectivity index is 2.13. The molecular weight excluding hydrogens is 260 g/mol. The Morgan fingerprint density at radius 3 is 2.20 bits per heavy atom. The number of rotatable bonds is 4. The number of hydrogen-bond donors (Lipinski definition) is 1. The minimum atomic E-state index is -0.857.